The molecule has 0 saturated heterocycles. The van der Waals surface area contributed by atoms with Crippen LogP contribution in [0.25, 0.3) is 0 Å². The van der Waals surface area contributed by atoms with Crippen molar-refractivity contribution in [3.05, 3.63) is 35.1 Å². The highest BCUT2D eigenvalue weighted by Gasteiger charge is 2.33. The minimum atomic E-state index is -0.439. The number of carbonyl (C=O) groups is 1. The molecule has 1 aliphatic rings. The van der Waals surface area contributed by atoms with Crippen LogP contribution in [-0.4, -0.2) is 18.3 Å². The van der Waals surface area contributed by atoms with Crippen LogP contribution >= 0.6 is 11.6 Å². The third-order valence-electron chi connectivity index (χ3n) is 4.01. The van der Waals surface area contributed by atoms with E-state index in [9.17, 15) is 9.18 Å². The van der Waals surface area contributed by atoms with Gasteiger partial charge in [-0.1, -0.05) is 25.0 Å². The summed E-state index contributed by atoms with van der Waals surface area (Å²) in [5.74, 6) is -0.243. The smallest absolute Gasteiger partial charge is 0.254 e. The number of nitrogens with one attached hydrogen (secondary N) is 1. The highest BCUT2D eigenvalue weighted by atomic mass is 35.5. The molecule has 0 unspecified atom stereocenters. The van der Waals surface area contributed by atoms with Crippen LogP contribution in [0.5, 0.6) is 0 Å². The van der Waals surface area contributed by atoms with Crippen molar-refractivity contribution in [1.29, 1.82) is 0 Å². The monoisotopic (exact) mass is 283 g/mol. The van der Waals surface area contributed by atoms with Gasteiger partial charge in [-0.3, -0.25) is 4.79 Å². The SMILES string of the molecule is Cc1cccc(C(=O)NCC2(CCl)CCCC2)c1F. The van der Waals surface area contributed by atoms with E-state index in [0.717, 1.165) is 25.7 Å². The number of alkyl halides is 1. The molecule has 1 fully saturated rings. The summed E-state index contributed by atoms with van der Waals surface area (Å²) in [6.07, 6.45) is 4.38. The molecule has 19 heavy (non-hydrogen) atoms. The number of amides is 1. The van der Waals surface area contributed by atoms with Gasteiger partial charge in [0.1, 0.15) is 5.82 Å². The first-order valence-electron chi connectivity index (χ1n) is 6.67. The van der Waals surface area contributed by atoms with Gasteiger partial charge in [-0.05, 0) is 31.4 Å². The van der Waals surface area contributed by atoms with Crippen molar-refractivity contribution >= 4 is 17.5 Å². The second-order valence-corrected chi connectivity index (χ2v) is 5.73. The van der Waals surface area contributed by atoms with Gasteiger partial charge in [0.25, 0.3) is 5.91 Å². The van der Waals surface area contributed by atoms with E-state index in [-0.39, 0.29) is 16.9 Å². The third-order valence-corrected chi connectivity index (χ3v) is 4.58. The lowest BCUT2D eigenvalue weighted by atomic mass is 9.88. The zero-order valence-electron chi connectivity index (χ0n) is 11.1. The molecule has 2 rings (SSSR count). The van der Waals surface area contributed by atoms with Gasteiger partial charge >= 0.3 is 0 Å². The molecule has 104 valence electrons. The summed E-state index contributed by atoms with van der Waals surface area (Å²) in [6.45, 7) is 2.19. The standard InChI is InChI=1S/C15H19ClFNO/c1-11-5-4-6-12(13(11)17)14(19)18-10-15(9-16)7-2-3-8-15/h4-6H,2-3,7-10H2,1H3,(H,18,19). The summed E-state index contributed by atoms with van der Waals surface area (Å²) >= 11 is 6.03. The van der Waals surface area contributed by atoms with Crippen molar-refractivity contribution in [1.82, 2.24) is 5.32 Å². The molecule has 1 saturated carbocycles. The van der Waals surface area contributed by atoms with Gasteiger partial charge in [0.2, 0.25) is 0 Å². The Morgan fingerprint density at radius 1 is 1.42 bits per heavy atom. The molecule has 0 spiro atoms. The quantitative estimate of drug-likeness (QED) is 0.840. The summed E-state index contributed by atoms with van der Waals surface area (Å²) in [5.41, 5.74) is 0.598. The fraction of sp³-hybridized carbons (Fsp3) is 0.533. The van der Waals surface area contributed by atoms with Gasteiger partial charge in [0, 0.05) is 17.8 Å². The highest BCUT2D eigenvalue weighted by molar-refractivity contribution is 6.18. The molecular formula is C15H19ClFNO. The van der Waals surface area contributed by atoms with Crippen molar-refractivity contribution in [2.75, 3.05) is 12.4 Å². The molecule has 1 aromatic carbocycles. The number of hydrogen-bond acceptors (Lipinski definition) is 1. The number of halogens is 2. The second kappa shape index (κ2) is 5.91. The number of carbonyl (C=O) groups excluding carboxylic acids is 1. The molecular weight excluding hydrogens is 265 g/mol. The number of aryl methyl sites for hydroxylation is 1. The van der Waals surface area contributed by atoms with Crippen molar-refractivity contribution < 1.29 is 9.18 Å². The van der Waals surface area contributed by atoms with Crippen LogP contribution in [0.15, 0.2) is 18.2 Å². The minimum absolute atomic E-state index is 0.00246. The van der Waals surface area contributed by atoms with E-state index in [0.29, 0.717) is 18.0 Å². The van der Waals surface area contributed by atoms with E-state index in [2.05, 4.69) is 5.32 Å². The molecule has 1 aliphatic carbocycles. The predicted molar refractivity (Wildman–Crippen MR) is 75.1 cm³/mol. The molecule has 0 heterocycles. The van der Waals surface area contributed by atoms with E-state index in [1.165, 1.54) is 6.07 Å². The van der Waals surface area contributed by atoms with E-state index >= 15 is 0 Å². The van der Waals surface area contributed by atoms with E-state index in [4.69, 9.17) is 11.6 Å². The molecule has 0 aromatic heterocycles. The normalized spacial score (nSPS) is 17.4. The fourth-order valence-electron chi connectivity index (χ4n) is 2.67. The maximum atomic E-state index is 13.8. The Labute approximate surface area is 118 Å². The lowest BCUT2D eigenvalue weighted by molar-refractivity contribution is 0.0931. The van der Waals surface area contributed by atoms with Gasteiger partial charge in [0.05, 0.1) is 5.56 Å². The zero-order valence-corrected chi connectivity index (χ0v) is 11.9. The summed E-state index contributed by atoms with van der Waals surface area (Å²) in [4.78, 5) is 12.0. The summed E-state index contributed by atoms with van der Waals surface area (Å²) in [7, 11) is 0. The van der Waals surface area contributed by atoms with Crippen molar-refractivity contribution in [3.63, 3.8) is 0 Å². The van der Waals surface area contributed by atoms with Gasteiger partial charge < -0.3 is 5.32 Å². The van der Waals surface area contributed by atoms with Crippen LogP contribution in [0.3, 0.4) is 0 Å². The number of rotatable bonds is 4. The van der Waals surface area contributed by atoms with E-state index < -0.39 is 5.82 Å². The van der Waals surface area contributed by atoms with Crippen LogP contribution in [0.2, 0.25) is 0 Å². The molecule has 1 N–H and O–H groups in total. The third kappa shape index (κ3) is 3.08. The molecule has 0 radical (unpaired) electrons. The minimum Gasteiger partial charge on any atom is -0.351 e. The molecule has 0 atom stereocenters. The van der Waals surface area contributed by atoms with Crippen LogP contribution in [0.1, 0.15) is 41.6 Å². The average molecular weight is 284 g/mol. The van der Waals surface area contributed by atoms with Crippen molar-refractivity contribution in [3.8, 4) is 0 Å². The molecule has 1 aromatic rings. The van der Waals surface area contributed by atoms with Crippen molar-refractivity contribution in [2.24, 2.45) is 5.41 Å². The Bertz CT molecular complexity index is 469. The van der Waals surface area contributed by atoms with Gasteiger partial charge in [-0.15, -0.1) is 11.6 Å². The molecule has 0 aliphatic heterocycles. The lowest BCUT2D eigenvalue weighted by Gasteiger charge is -2.26. The van der Waals surface area contributed by atoms with Crippen molar-refractivity contribution in [2.45, 2.75) is 32.6 Å². The zero-order chi connectivity index (χ0) is 13.9. The maximum Gasteiger partial charge on any atom is 0.254 e. The van der Waals surface area contributed by atoms with Crippen LogP contribution < -0.4 is 5.32 Å². The van der Waals surface area contributed by atoms with Crippen LogP contribution in [-0.2, 0) is 0 Å². The Morgan fingerprint density at radius 2 is 2.11 bits per heavy atom. The largest absolute Gasteiger partial charge is 0.351 e. The Kier molecular flexibility index (Phi) is 4.46. The number of hydrogen-bond donors (Lipinski definition) is 1. The van der Waals surface area contributed by atoms with E-state index in [1.807, 2.05) is 0 Å². The molecule has 4 heteroatoms. The van der Waals surface area contributed by atoms with Gasteiger partial charge in [-0.2, -0.15) is 0 Å². The first-order chi connectivity index (χ1) is 9.08. The van der Waals surface area contributed by atoms with Crippen LogP contribution in [0, 0.1) is 18.2 Å². The predicted octanol–water partition coefficient (Wildman–Crippen LogP) is 3.66. The van der Waals surface area contributed by atoms with Crippen LogP contribution in [0.4, 0.5) is 4.39 Å². The first-order valence-corrected chi connectivity index (χ1v) is 7.21. The Balaban J connectivity index is 2.03. The molecule has 0 bridgehead atoms. The topological polar surface area (TPSA) is 29.1 Å². The summed E-state index contributed by atoms with van der Waals surface area (Å²) in [6, 6.07) is 4.86. The van der Waals surface area contributed by atoms with Gasteiger partial charge in [-0.25, -0.2) is 4.39 Å². The first kappa shape index (κ1) is 14.3. The number of benzene rings is 1. The van der Waals surface area contributed by atoms with Gasteiger partial charge in [0.15, 0.2) is 0 Å². The van der Waals surface area contributed by atoms with E-state index in [1.54, 1.807) is 19.1 Å². The average Bonchev–Trinajstić information content (AvgIpc) is 2.89. The maximum absolute atomic E-state index is 13.8. The summed E-state index contributed by atoms with van der Waals surface area (Å²) in [5, 5.41) is 2.84. The second-order valence-electron chi connectivity index (χ2n) is 5.46. The molecule has 2 nitrogen and oxygen atoms in total. The lowest BCUT2D eigenvalue weighted by Crippen LogP contribution is -2.37. The Morgan fingerprint density at radius 3 is 2.74 bits per heavy atom. The molecule has 1 amide bonds. The Hall–Kier alpha value is -1.09. The summed E-state index contributed by atoms with van der Waals surface area (Å²) < 4.78 is 13.8. The highest BCUT2D eigenvalue weighted by Crippen LogP contribution is 2.38. The fourth-order valence-corrected chi connectivity index (χ4v) is 3.03.